The van der Waals surface area contributed by atoms with Crippen molar-refractivity contribution in [2.45, 2.75) is 13.5 Å². The SMILES string of the molecule is Cc1ccc(-c2noc(CN3C(=O)CN(c4ccccc4)C3=O)n2)cc1. The van der Waals surface area contributed by atoms with Crippen LogP contribution >= 0.6 is 0 Å². The summed E-state index contributed by atoms with van der Waals surface area (Å²) >= 11 is 0. The van der Waals surface area contributed by atoms with Crippen LogP contribution in [0.25, 0.3) is 11.4 Å². The van der Waals surface area contributed by atoms with Gasteiger partial charge in [-0.2, -0.15) is 4.98 Å². The summed E-state index contributed by atoms with van der Waals surface area (Å²) in [6.07, 6.45) is 0. The normalized spacial score (nSPS) is 14.3. The fraction of sp³-hybridized carbons (Fsp3) is 0.158. The number of anilines is 1. The third-order valence-corrected chi connectivity index (χ3v) is 4.20. The van der Waals surface area contributed by atoms with Gasteiger partial charge in [0, 0.05) is 11.3 Å². The van der Waals surface area contributed by atoms with E-state index in [9.17, 15) is 9.59 Å². The molecule has 1 aromatic heterocycles. The number of imide groups is 1. The average Bonchev–Trinajstić information content (AvgIpc) is 3.23. The number of para-hydroxylation sites is 1. The van der Waals surface area contributed by atoms with Crippen molar-refractivity contribution >= 4 is 17.6 Å². The molecule has 0 atom stereocenters. The molecule has 7 heteroatoms. The third-order valence-electron chi connectivity index (χ3n) is 4.20. The number of aromatic nitrogens is 2. The van der Waals surface area contributed by atoms with E-state index in [-0.39, 0.29) is 24.9 Å². The van der Waals surface area contributed by atoms with Crippen molar-refractivity contribution < 1.29 is 14.1 Å². The van der Waals surface area contributed by atoms with Crippen LogP contribution in [-0.4, -0.2) is 33.5 Å². The molecule has 4 rings (SSSR count). The third kappa shape index (κ3) is 2.95. The van der Waals surface area contributed by atoms with E-state index in [4.69, 9.17) is 4.52 Å². The fourth-order valence-electron chi connectivity index (χ4n) is 2.78. The number of aryl methyl sites for hydroxylation is 1. The summed E-state index contributed by atoms with van der Waals surface area (Å²) in [6.45, 7) is 1.95. The van der Waals surface area contributed by atoms with Gasteiger partial charge in [0.15, 0.2) is 0 Å². The van der Waals surface area contributed by atoms with Gasteiger partial charge in [0.05, 0.1) is 0 Å². The second kappa shape index (κ2) is 6.44. The van der Waals surface area contributed by atoms with E-state index in [1.807, 2.05) is 49.4 Å². The molecule has 26 heavy (non-hydrogen) atoms. The minimum absolute atomic E-state index is 0.00179. The highest BCUT2D eigenvalue weighted by molar-refractivity contribution is 6.12. The Labute approximate surface area is 149 Å². The maximum atomic E-state index is 12.6. The van der Waals surface area contributed by atoms with Gasteiger partial charge >= 0.3 is 6.03 Å². The van der Waals surface area contributed by atoms with Crippen molar-refractivity contribution in [2.24, 2.45) is 0 Å². The molecular weight excluding hydrogens is 332 g/mol. The van der Waals surface area contributed by atoms with E-state index in [1.54, 1.807) is 12.1 Å². The van der Waals surface area contributed by atoms with Crippen LogP contribution in [0.4, 0.5) is 10.5 Å². The Morgan fingerprint density at radius 3 is 2.50 bits per heavy atom. The van der Waals surface area contributed by atoms with E-state index in [2.05, 4.69) is 10.1 Å². The Balaban J connectivity index is 1.52. The van der Waals surface area contributed by atoms with Gasteiger partial charge in [-0.3, -0.25) is 14.6 Å². The first-order valence-corrected chi connectivity index (χ1v) is 8.18. The molecule has 0 N–H and O–H groups in total. The van der Waals surface area contributed by atoms with Gasteiger partial charge in [0.25, 0.3) is 5.91 Å². The fourth-order valence-corrected chi connectivity index (χ4v) is 2.78. The van der Waals surface area contributed by atoms with E-state index < -0.39 is 6.03 Å². The first-order valence-electron chi connectivity index (χ1n) is 8.18. The number of rotatable bonds is 4. The smallest absolute Gasteiger partial charge is 0.332 e. The summed E-state index contributed by atoms with van der Waals surface area (Å²) in [7, 11) is 0. The molecule has 1 saturated heterocycles. The Morgan fingerprint density at radius 2 is 1.77 bits per heavy atom. The lowest BCUT2D eigenvalue weighted by molar-refractivity contribution is -0.125. The molecule has 1 aliphatic rings. The summed E-state index contributed by atoms with van der Waals surface area (Å²) in [5.74, 6) is 0.352. The zero-order valence-electron chi connectivity index (χ0n) is 14.1. The summed E-state index contributed by atoms with van der Waals surface area (Å²) in [5, 5.41) is 3.94. The molecule has 2 heterocycles. The molecule has 0 spiro atoms. The van der Waals surface area contributed by atoms with Crippen LogP contribution in [0.2, 0.25) is 0 Å². The minimum atomic E-state index is -0.392. The maximum Gasteiger partial charge on any atom is 0.332 e. The minimum Gasteiger partial charge on any atom is -0.337 e. The van der Waals surface area contributed by atoms with Gasteiger partial charge < -0.3 is 4.52 Å². The second-order valence-electron chi connectivity index (χ2n) is 6.06. The van der Waals surface area contributed by atoms with Crippen molar-refractivity contribution in [3.63, 3.8) is 0 Å². The van der Waals surface area contributed by atoms with Crippen LogP contribution in [0.15, 0.2) is 59.1 Å². The molecule has 1 aliphatic heterocycles. The van der Waals surface area contributed by atoms with Crippen LogP contribution in [0, 0.1) is 6.92 Å². The number of nitrogens with zero attached hydrogens (tertiary/aromatic N) is 4. The molecule has 130 valence electrons. The highest BCUT2D eigenvalue weighted by Gasteiger charge is 2.37. The zero-order valence-corrected chi connectivity index (χ0v) is 14.1. The van der Waals surface area contributed by atoms with Crippen LogP contribution < -0.4 is 4.90 Å². The molecule has 1 fully saturated rings. The number of carbonyl (C=O) groups excluding carboxylic acids is 2. The lowest BCUT2D eigenvalue weighted by Crippen LogP contribution is -2.32. The first kappa shape index (κ1) is 16.0. The van der Waals surface area contributed by atoms with Crippen molar-refractivity contribution in [3.05, 3.63) is 66.1 Å². The van der Waals surface area contributed by atoms with E-state index in [0.29, 0.717) is 11.5 Å². The van der Waals surface area contributed by atoms with E-state index in [1.165, 1.54) is 4.90 Å². The Bertz CT molecular complexity index is 950. The van der Waals surface area contributed by atoms with Crippen molar-refractivity contribution in [1.29, 1.82) is 0 Å². The number of carbonyl (C=O) groups is 2. The molecule has 3 amide bonds. The Hall–Kier alpha value is -3.48. The topological polar surface area (TPSA) is 79.5 Å². The second-order valence-corrected chi connectivity index (χ2v) is 6.06. The predicted molar refractivity (Wildman–Crippen MR) is 94.2 cm³/mol. The summed E-state index contributed by atoms with van der Waals surface area (Å²) < 4.78 is 5.22. The van der Waals surface area contributed by atoms with Gasteiger partial charge in [-0.25, -0.2) is 4.79 Å². The van der Waals surface area contributed by atoms with Crippen molar-refractivity contribution in [2.75, 3.05) is 11.4 Å². The molecule has 7 nitrogen and oxygen atoms in total. The number of benzene rings is 2. The number of hydrogen-bond donors (Lipinski definition) is 0. The van der Waals surface area contributed by atoms with Gasteiger partial charge in [-0.05, 0) is 19.1 Å². The molecule has 3 aromatic rings. The molecule has 0 radical (unpaired) electrons. The first-order chi connectivity index (χ1) is 12.6. The maximum absolute atomic E-state index is 12.6. The largest absolute Gasteiger partial charge is 0.337 e. The molecular formula is C19H16N4O3. The van der Waals surface area contributed by atoms with Crippen molar-refractivity contribution in [1.82, 2.24) is 15.0 Å². The average molecular weight is 348 g/mol. The molecule has 0 aliphatic carbocycles. The lowest BCUT2D eigenvalue weighted by Gasteiger charge is -2.15. The highest BCUT2D eigenvalue weighted by atomic mass is 16.5. The van der Waals surface area contributed by atoms with E-state index in [0.717, 1.165) is 16.0 Å². The van der Waals surface area contributed by atoms with Gasteiger partial charge in [-0.1, -0.05) is 53.2 Å². The molecule has 0 bridgehead atoms. The standard InChI is InChI=1S/C19H16N4O3/c1-13-7-9-14(10-8-13)18-20-16(26-21-18)11-23-17(24)12-22(19(23)25)15-5-3-2-4-6-15/h2-10H,11-12H2,1H3. The van der Waals surface area contributed by atoms with Gasteiger partial charge in [0.2, 0.25) is 11.7 Å². The van der Waals surface area contributed by atoms with Gasteiger partial charge in [-0.15, -0.1) is 0 Å². The molecule has 0 saturated carbocycles. The summed E-state index contributed by atoms with van der Waals surface area (Å²) in [4.78, 5) is 31.7. The zero-order chi connectivity index (χ0) is 18.1. The predicted octanol–water partition coefficient (Wildman–Crippen LogP) is 3.01. The monoisotopic (exact) mass is 348 g/mol. The quantitative estimate of drug-likeness (QED) is 0.677. The summed E-state index contributed by atoms with van der Waals surface area (Å²) in [6, 6.07) is 16.4. The molecule has 0 unspecified atom stereocenters. The number of amides is 3. The van der Waals surface area contributed by atoms with Crippen LogP contribution in [0.1, 0.15) is 11.5 Å². The van der Waals surface area contributed by atoms with Gasteiger partial charge in [0.1, 0.15) is 13.1 Å². The summed E-state index contributed by atoms with van der Waals surface area (Å²) in [5.41, 5.74) is 2.63. The van der Waals surface area contributed by atoms with Crippen LogP contribution in [0.5, 0.6) is 0 Å². The van der Waals surface area contributed by atoms with Crippen LogP contribution in [-0.2, 0) is 11.3 Å². The highest BCUT2D eigenvalue weighted by Crippen LogP contribution is 2.23. The van der Waals surface area contributed by atoms with Crippen LogP contribution in [0.3, 0.4) is 0 Å². The van der Waals surface area contributed by atoms with E-state index >= 15 is 0 Å². The number of hydrogen-bond acceptors (Lipinski definition) is 5. The number of urea groups is 1. The molecule has 2 aromatic carbocycles. The lowest BCUT2D eigenvalue weighted by atomic mass is 10.1. The Kier molecular flexibility index (Phi) is 3.96. The van der Waals surface area contributed by atoms with Crippen molar-refractivity contribution in [3.8, 4) is 11.4 Å². The Morgan fingerprint density at radius 1 is 1.04 bits per heavy atom.